The van der Waals surface area contributed by atoms with E-state index in [1.165, 1.54) is 11.3 Å². The molecule has 0 radical (unpaired) electrons. The van der Waals surface area contributed by atoms with E-state index in [0.29, 0.717) is 27.4 Å². The quantitative estimate of drug-likeness (QED) is 0.365. The van der Waals surface area contributed by atoms with Gasteiger partial charge in [0, 0.05) is 11.3 Å². The molecule has 0 aliphatic heterocycles. The van der Waals surface area contributed by atoms with E-state index in [1.807, 2.05) is 35.7 Å². The number of amides is 2. The Bertz CT molecular complexity index is 1240. The summed E-state index contributed by atoms with van der Waals surface area (Å²) >= 11 is 5.80. The van der Waals surface area contributed by atoms with Crippen molar-refractivity contribution in [3.8, 4) is 22.0 Å². The van der Waals surface area contributed by atoms with E-state index in [9.17, 15) is 9.59 Å². The van der Waals surface area contributed by atoms with Gasteiger partial charge in [-0.05, 0) is 23.6 Å². The molecule has 2 amide bonds. The predicted octanol–water partition coefficient (Wildman–Crippen LogP) is 4.10. The van der Waals surface area contributed by atoms with Gasteiger partial charge < -0.3 is 16.8 Å². The smallest absolute Gasteiger partial charge is 0.260 e. The Hall–Kier alpha value is -2.82. The van der Waals surface area contributed by atoms with Crippen molar-refractivity contribution in [3.05, 3.63) is 46.7 Å². The number of alkyl halides is 1. The van der Waals surface area contributed by atoms with Gasteiger partial charge >= 0.3 is 0 Å². The van der Waals surface area contributed by atoms with E-state index in [2.05, 4.69) is 26.2 Å². The molecular weight excluding hydrogens is 474 g/mol. The molecule has 5 N–H and O–H groups in total. The lowest BCUT2D eigenvalue weighted by Gasteiger charge is -2.09. The lowest BCUT2D eigenvalue weighted by Crippen LogP contribution is -2.12. The molecule has 7 nitrogen and oxygen atoms in total. The molecule has 0 bridgehead atoms. The van der Waals surface area contributed by atoms with Crippen LogP contribution in [-0.2, 0) is 4.79 Å². The van der Waals surface area contributed by atoms with Crippen molar-refractivity contribution >= 4 is 72.0 Å². The number of nitrogens with one attached hydrogen (secondary N) is 1. The Morgan fingerprint density at radius 2 is 2.00 bits per heavy atom. The first-order valence-electron chi connectivity index (χ1n) is 8.38. The first-order valence-corrected chi connectivity index (χ1v) is 11.2. The van der Waals surface area contributed by atoms with Gasteiger partial charge in [-0.1, -0.05) is 34.1 Å². The summed E-state index contributed by atoms with van der Waals surface area (Å²) in [5.41, 5.74) is 13.9. The zero-order valence-corrected chi connectivity index (χ0v) is 18.0. The average Bonchev–Trinajstić information content (AvgIpc) is 3.36. The van der Waals surface area contributed by atoms with Crippen LogP contribution in [0.15, 0.2) is 41.8 Å². The van der Waals surface area contributed by atoms with Crippen LogP contribution < -0.4 is 16.8 Å². The number of fused-ring (bicyclic) bond motifs is 1. The number of carbonyl (C=O) groups is 2. The molecule has 0 aliphatic rings. The van der Waals surface area contributed by atoms with Crippen molar-refractivity contribution in [1.82, 2.24) is 9.97 Å². The number of nitrogens with two attached hydrogens (primary N) is 2. The topological polar surface area (TPSA) is 124 Å². The fraction of sp³-hybridized carbons (Fsp3) is 0.0526. The third kappa shape index (κ3) is 3.74. The summed E-state index contributed by atoms with van der Waals surface area (Å²) in [5, 5.41) is 5.51. The van der Waals surface area contributed by atoms with Crippen molar-refractivity contribution in [1.29, 1.82) is 0 Å². The molecule has 29 heavy (non-hydrogen) atoms. The third-order valence-corrected chi connectivity index (χ3v) is 6.58. The summed E-state index contributed by atoms with van der Waals surface area (Å²) in [6, 6.07) is 11.1. The highest BCUT2D eigenvalue weighted by molar-refractivity contribution is 9.09. The average molecular weight is 488 g/mol. The first-order chi connectivity index (χ1) is 14.0. The van der Waals surface area contributed by atoms with E-state index in [-0.39, 0.29) is 21.8 Å². The van der Waals surface area contributed by atoms with Crippen molar-refractivity contribution in [2.45, 2.75) is 0 Å². The molecule has 0 aliphatic carbocycles. The van der Waals surface area contributed by atoms with E-state index in [1.54, 1.807) is 6.07 Å². The molecular formula is C19H14BrN5O2S2. The molecule has 4 aromatic rings. The van der Waals surface area contributed by atoms with Crippen molar-refractivity contribution < 1.29 is 9.59 Å². The molecule has 0 saturated carbocycles. The molecule has 0 spiro atoms. The molecule has 0 atom stereocenters. The largest absolute Gasteiger partial charge is 0.397 e. The van der Waals surface area contributed by atoms with Gasteiger partial charge in [0.1, 0.15) is 9.71 Å². The Kier molecular flexibility index (Phi) is 5.31. The van der Waals surface area contributed by atoms with Crippen molar-refractivity contribution in [2.24, 2.45) is 5.73 Å². The molecule has 3 heterocycles. The summed E-state index contributed by atoms with van der Waals surface area (Å²) in [6.07, 6.45) is 0. The minimum absolute atomic E-state index is 0.166. The maximum absolute atomic E-state index is 11.8. The van der Waals surface area contributed by atoms with Gasteiger partial charge in [-0.25, -0.2) is 9.97 Å². The van der Waals surface area contributed by atoms with Crippen LogP contribution in [0.1, 0.15) is 9.67 Å². The molecule has 3 aromatic heterocycles. The van der Waals surface area contributed by atoms with Crippen LogP contribution in [0.5, 0.6) is 0 Å². The van der Waals surface area contributed by atoms with Crippen LogP contribution in [-0.4, -0.2) is 27.1 Å². The number of halogens is 1. The molecule has 0 saturated heterocycles. The van der Waals surface area contributed by atoms with E-state index in [0.717, 1.165) is 21.8 Å². The Balaban J connectivity index is 1.96. The zero-order valence-electron chi connectivity index (χ0n) is 14.8. The standard InChI is InChI=1S/C19H14BrN5O2S2/c20-8-12(26)23-10-4-1-3-9(7-10)15-13-14(21)16(17(22)27)29-19(13)25-18(24-15)11-5-2-6-28-11/h1-7H,8,21H2,(H2,22,27)(H,23,26). The minimum atomic E-state index is -0.604. The monoisotopic (exact) mass is 487 g/mol. The summed E-state index contributed by atoms with van der Waals surface area (Å²) < 4.78 is 0. The second-order valence-electron chi connectivity index (χ2n) is 6.02. The lowest BCUT2D eigenvalue weighted by molar-refractivity contribution is -0.113. The zero-order chi connectivity index (χ0) is 20.5. The van der Waals surface area contributed by atoms with Gasteiger partial charge in [-0.2, -0.15) is 0 Å². The molecule has 4 rings (SSSR count). The van der Waals surface area contributed by atoms with Crippen LogP contribution in [0, 0.1) is 0 Å². The van der Waals surface area contributed by atoms with E-state index < -0.39 is 5.91 Å². The fourth-order valence-electron chi connectivity index (χ4n) is 2.87. The highest BCUT2D eigenvalue weighted by Crippen LogP contribution is 2.40. The summed E-state index contributed by atoms with van der Waals surface area (Å²) in [6.45, 7) is 0. The van der Waals surface area contributed by atoms with Crippen LogP contribution >= 0.6 is 38.6 Å². The van der Waals surface area contributed by atoms with Crippen LogP contribution in [0.3, 0.4) is 0 Å². The highest BCUT2D eigenvalue weighted by Gasteiger charge is 2.21. The number of nitrogens with zero attached hydrogens (tertiary/aromatic N) is 2. The summed E-state index contributed by atoms with van der Waals surface area (Å²) in [7, 11) is 0. The van der Waals surface area contributed by atoms with E-state index >= 15 is 0 Å². The van der Waals surface area contributed by atoms with Gasteiger partial charge in [0.05, 0.1) is 27.0 Å². The Labute approximate surface area is 181 Å². The van der Waals surface area contributed by atoms with Gasteiger partial charge in [-0.15, -0.1) is 22.7 Å². The summed E-state index contributed by atoms with van der Waals surface area (Å²) in [4.78, 5) is 34.6. The number of benzene rings is 1. The number of hydrogen-bond acceptors (Lipinski definition) is 7. The lowest BCUT2D eigenvalue weighted by atomic mass is 10.1. The first kappa shape index (κ1) is 19.5. The Morgan fingerprint density at radius 1 is 1.17 bits per heavy atom. The maximum atomic E-state index is 11.8. The molecule has 10 heteroatoms. The molecule has 146 valence electrons. The normalized spacial score (nSPS) is 10.9. The third-order valence-electron chi connectivity index (χ3n) is 4.10. The number of carbonyl (C=O) groups excluding carboxylic acids is 2. The molecule has 0 fully saturated rings. The maximum Gasteiger partial charge on any atom is 0.260 e. The van der Waals surface area contributed by atoms with Crippen LogP contribution in [0.25, 0.3) is 32.2 Å². The highest BCUT2D eigenvalue weighted by atomic mass is 79.9. The van der Waals surface area contributed by atoms with Gasteiger partial charge in [-0.3, -0.25) is 9.59 Å². The minimum Gasteiger partial charge on any atom is -0.397 e. The van der Waals surface area contributed by atoms with Crippen molar-refractivity contribution in [3.63, 3.8) is 0 Å². The SMILES string of the molecule is NC(=O)c1sc2nc(-c3cccs3)nc(-c3cccc(NC(=O)CBr)c3)c2c1N. The number of anilines is 2. The van der Waals surface area contributed by atoms with Crippen molar-refractivity contribution in [2.75, 3.05) is 16.4 Å². The van der Waals surface area contributed by atoms with Gasteiger partial charge in [0.15, 0.2) is 5.82 Å². The van der Waals surface area contributed by atoms with E-state index in [4.69, 9.17) is 16.5 Å². The van der Waals surface area contributed by atoms with Gasteiger partial charge in [0.2, 0.25) is 5.91 Å². The number of nitrogen functional groups attached to an aromatic ring is 1. The van der Waals surface area contributed by atoms with Crippen LogP contribution in [0.2, 0.25) is 0 Å². The predicted molar refractivity (Wildman–Crippen MR) is 122 cm³/mol. The number of rotatable bonds is 5. The molecule has 1 aromatic carbocycles. The van der Waals surface area contributed by atoms with Crippen LogP contribution in [0.4, 0.5) is 11.4 Å². The summed E-state index contributed by atoms with van der Waals surface area (Å²) in [5.74, 6) is -0.234. The fourth-order valence-corrected chi connectivity index (χ4v) is 4.61. The number of hydrogen-bond donors (Lipinski definition) is 3. The number of aromatic nitrogens is 2. The second kappa shape index (κ2) is 7.90. The van der Waals surface area contributed by atoms with Gasteiger partial charge in [0.25, 0.3) is 5.91 Å². The molecule has 0 unspecified atom stereocenters. The number of primary amides is 1. The Morgan fingerprint density at radius 3 is 2.69 bits per heavy atom. The second-order valence-corrected chi connectivity index (χ2v) is 8.53. The number of thiophene rings is 2.